The fraction of sp³-hybridized carbons (Fsp3) is 0.526. The van der Waals surface area contributed by atoms with Crippen molar-refractivity contribution in [2.75, 3.05) is 6.54 Å². The van der Waals surface area contributed by atoms with Gasteiger partial charge in [0.25, 0.3) is 0 Å². The standard InChI is InChI=1S/C19H25ClN4OS/c1-3-12-21-18(25)13(2)26-19-23-22-17(15-10-6-7-11-16(15)20)24(19)14-8-4-5-9-14/h6-7,10-11,13-14H,3-5,8-9,12H2,1-2H3,(H,21,25)/t13-/m1/s1. The normalized spacial score (nSPS) is 16.0. The van der Waals surface area contributed by atoms with Crippen molar-refractivity contribution < 1.29 is 4.79 Å². The zero-order chi connectivity index (χ0) is 18.5. The van der Waals surface area contributed by atoms with Crippen LogP contribution in [0.2, 0.25) is 5.02 Å². The molecule has 1 aromatic carbocycles. The van der Waals surface area contributed by atoms with E-state index in [0.717, 1.165) is 35.8 Å². The number of nitrogens with one attached hydrogen (secondary N) is 1. The Kier molecular flexibility index (Phi) is 6.59. The molecule has 0 radical (unpaired) electrons. The Labute approximate surface area is 163 Å². The molecule has 7 heteroatoms. The highest BCUT2D eigenvalue weighted by Gasteiger charge is 2.27. The Hall–Kier alpha value is -1.53. The van der Waals surface area contributed by atoms with Crippen LogP contribution in [0, 0.1) is 0 Å². The summed E-state index contributed by atoms with van der Waals surface area (Å²) in [6, 6.07) is 8.09. The number of hydrogen-bond donors (Lipinski definition) is 1. The first kappa shape index (κ1) is 19.2. The van der Waals surface area contributed by atoms with E-state index in [9.17, 15) is 4.79 Å². The van der Waals surface area contributed by atoms with Gasteiger partial charge in [0.05, 0.1) is 10.3 Å². The van der Waals surface area contributed by atoms with E-state index in [1.165, 1.54) is 24.6 Å². The molecule has 1 aromatic heterocycles. The molecule has 3 rings (SSSR count). The first-order valence-corrected chi connectivity index (χ1v) is 10.5. The van der Waals surface area contributed by atoms with E-state index in [0.29, 0.717) is 17.6 Å². The van der Waals surface area contributed by atoms with Crippen molar-refractivity contribution in [3.8, 4) is 11.4 Å². The molecule has 1 fully saturated rings. The Morgan fingerprint density at radius 1 is 1.35 bits per heavy atom. The van der Waals surface area contributed by atoms with E-state index in [4.69, 9.17) is 11.6 Å². The molecule has 0 bridgehead atoms. The molecule has 0 unspecified atom stereocenters. The predicted molar refractivity (Wildman–Crippen MR) is 107 cm³/mol. The highest BCUT2D eigenvalue weighted by Crippen LogP contribution is 2.38. The third-order valence-corrected chi connectivity index (χ3v) is 6.06. The summed E-state index contributed by atoms with van der Waals surface area (Å²) in [4.78, 5) is 12.3. The highest BCUT2D eigenvalue weighted by molar-refractivity contribution is 8.00. The smallest absolute Gasteiger partial charge is 0.233 e. The van der Waals surface area contributed by atoms with Crippen molar-refractivity contribution in [1.29, 1.82) is 0 Å². The lowest BCUT2D eigenvalue weighted by molar-refractivity contribution is -0.120. The number of benzene rings is 1. The number of amides is 1. The van der Waals surface area contributed by atoms with Gasteiger partial charge in [-0.1, -0.05) is 55.3 Å². The summed E-state index contributed by atoms with van der Waals surface area (Å²) in [6.07, 6.45) is 5.57. The molecule has 1 saturated carbocycles. The molecular weight excluding hydrogens is 368 g/mol. The number of thioether (sulfide) groups is 1. The lowest BCUT2D eigenvalue weighted by atomic mass is 10.2. The SMILES string of the molecule is CCCNC(=O)[C@@H](C)Sc1nnc(-c2ccccc2Cl)n1C1CCCC1. The van der Waals surface area contributed by atoms with E-state index in [1.54, 1.807) is 0 Å². The highest BCUT2D eigenvalue weighted by atomic mass is 35.5. The Balaban J connectivity index is 1.91. The molecule has 0 spiro atoms. The van der Waals surface area contributed by atoms with Crippen LogP contribution in [0.3, 0.4) is 0 Å². The molecule has 1 N–H and O–H groups in total. The number of hydrogen-bond acceptors (Lipinski definition) is 4. The fourth-order valence-electron chi connectivity index (χ4n) is 3.28. The second kappa shape index (κ2) is 8.91. The molecule has 26 heavy (non-hydrogen) atoms. The average Bonchev–Trinajstić information content (AvgIpc) is 3.29. The molecular formula is C19H25ClN4OS. The second-order valence-electron chi connectivity index (χ2n) is 6.65. The third-order valence-electron chi connectivity index (χ3n) is 4.67. The van der Waals surface area contributed by atoms with E-state index < -0.39 is 0 Å². The van der Waals surface area contributed by atoms with Gasteiger partial charge in [0.1, 0.15) is 0 Å². The van der Waals surface area contributed by atoms with Gasteiger partial charge in [-0.2, -0.15) is 0 Å². The number of nitrogens with zero attached hydrogens (tertiary/aromatic N) is 3. The predicted octanol–water partition coefficient (Wildman–Crippen LogP) is 4.72. The average molecular weight is 393 g/mol. The van der Waals surface area contributed by atoms with Crippen molar-refractivity contribution >= 4 is 29.3 Å². The van der Waals surface area contributed by atoms with Crippen molar-refractivity contribution in [3.05, 3.63) is 29.3 Å². The Bertz CT molecular complexity index is 758. The summed E-state index contributed by atoms with van der Waals surface area (Å²) in [7, 11) is 0. The maximum atomic E-state index is 12.3. The van der Waals surface area contributed by atoms with Gasteiger partial charge in [-0.15, -0.1) is 10.2 Å². The molecule has 0 aliphatic heterocycles. The summed E-state index contributed by atoms with van der Waals surface area (Å²) >= 11 is 7.88. The van der Waals surface area contributed by atoms with Crippen LogP contribution in [-0.4, -0.2) is 32.5 Å². The topological polar surface area (TPSA) is 59.8 Å². The summed E-state index contributed by atoms with van der Waals surface area (Å²) in [5.74, 6) is 0.836. The minimum Gasteiger partial charge on any atom is -0.355 e. The lowest BCUT2D eigenvalue weighted by Gasteiger charge is -2.18. The molecule has 1 atom stereocenters. The van der Waals surface area contributed by atoms with Crippen LogP contribution in [0.25, 0.3) is 11.4 Å². The largest absolute Gasteiger partial charge is 0.355 e. The first-order chi connectivity index (χ1) is 12.6. The second-order valence-corrected chi connectivity index (χ2v) is 8.36. The molecule has 140 valence electrons. The van der Waals surface area contributed by atoms with Crippen molar-refractivity contribution in [2.24, 2.45) is 0 Å². The Morgan fingerprint density at radius 3 is 2.77 bits per heavy atom. The number of rotatable bonds is 7. The third kappa shape index (κ3) is 4.23. The van der Waals surface area contributed by atoms with E-state index in [2.05, 4.69) is 20.1 Å². The molecule has 5 nitrogen and oxygen atoms in total. The van der Waals surface area contributed by atoms with Crippen LogP contribution in [0.5, 0.6) is 0 Å². The zero-order valence-electron chi connectivity index (χ0n) is 15.2. The van der Waals surface area contributed by atoms with E-state index in [1.807, 2.05) is 38.1 Å². The summed E-state index contributed by atoms with van der Waals surface area (Å²) in [5, 5.41) is 13.1. The molecule has 2 aromatic rings. The summed E-state index contributed by atoms with van der Waals surface area (Å²) in [6.45, 7) is 4.66. The zero-order valence-corrected chi connectivity index (χ0v) is 16.8. The number of carbonyl (C=O) groups is 1. The van der Waals surface area contributed by atoms with Gasteiger partial charge >= 0.3 is 0 Å². The van der Waals surface area contributed by atoms with Crippen LogP contribution >= 0.6 is 23.4 Å². The first-order valence-electron chi connectivity index (χ1n) is 9.26. The maximum absolute atomic E-state index is 12.3. The van der Waals surface area contributed by atoms with E-state index >= 15 is 0 Å². The minimum atomic E-state index is -0.218. The molecule has 1 amide bonds. The summed E-state index contributed by atoms with van der Waals surface area (Å²) in [5.41, 5.74) is 0.892. The van der Waals surface area contributed by atoms with Crippen LogP contribution in [0.1, 0.15) is 52.0 Å². The quantitative estimate of drug-likeness (QED) is 0.692. The van der Waals surface area contributed by atoms with Gasteiger partial charge in [-0.25, -0.2) is 0 Å². The lowest BCUT2D eigenvalue weighted by Crippen LogP contribution is -2.31. The molecule has 1 aliphatic rings. The molecule has 1 aliphatic carbocycles. The van der Waals surface area contributed by atoms with Crippen LogP contribution in [-0.2, 0) is 4.79 Å². The fourth-order valence-corrected chi connectivity index (χ4v) is 4.44. The van der Waals surface area contributed by atoms with Crippen LogP contribution in [0.15, 0.2) is 29.4 Å². The number of carbonyl (C=O) groups excluding carboxylic acids is 1. The van der Waals surface area contributed by atoms with Crippen LogP contribution < -0.4 is 5.32 Å². The molecule has 0 saturated heterocycles. The van der Waals surface area contributed by atoms with E-state index in [-0.39, 0.29) is 11.2 Å². The number of halogens is 1. The monoisotopic (exact) mass is 392 g/mol. The van der Waals surface area contributed by atoms with Gasteiger partial charge in [0.15, 0.2) is 11.0 Å². The van der Waals surface area contributed by atoms with Crippen LogP contribution in [0.4, 0.5) is 0 Å². The van der Waals surface area contributed by atoms with Crippen molar-refractivity contribution in [1.82, 2.24) is 20.1 Å². The number of aromatic nitrogens is 3. The van der Waals surface area contributed by atoms with Crippen molar-refractivity contribution in [2.45, 2.75) is 62.4 Å². The Morgan fingerprint density at radius 2 is 2.08 bits per heavy atom. The minimum absolute atomic E-state index is 0.0390. The van der Waals surface area contributed by atoms with Gasteiger partial charge in [-0.3, -0.25) is 9.36 Å². The maximum Gasteiger partial charge on any atom is 0.233 e. The summed E-state index contributed by atoms with van der Waals surface area (Å²) < 4.78 is 2.20. The van der Waals surface area contributed by atoms with Gasteiger partial charge < -0.3 is 5.32 Å². The van der Waals surface area contributed by atoms with Gasteiger partial charge in [0.2, 0.25) is 5.91 Å². The van der Waals surface area contributed by atoms with Gasteiger partial charge in [-0.05, 0) is 38.3 Å². The van der Waals surface area contributed by atoms with Gasteiger partial charge in [0, 0.05) is 18.2 Å². The van der Waals surface area contributed by atoms with Crippen molar-refractivity contribution in [3.63, 3.8) is 0 Å². The molecule has 1 heterocycles.